The first-order valence-electron chi connectivity index (χ1n) is 13.0. The molecule has 17 rings (SSSR count). The third kappa shape index (κ3) is 0.283. The van der Waals surface area contributed by atoms with Crippen LogP contribution in [0.15, 0.2) is 0 Å². The van der Waals surface area contributed by atoms with E-state index in [4.69, 9.17) is 0 Å². The Morgan fingerprint density at radius 3 is 2.30 bits per heavy atom. The summed E-state index contributed by atoms with van der Waals surface area (Å²) in [4.78, 5) is 0. The van der Waals surface area contributed by atoms with Gasteiger partial charge in [-0.25, -0.2) is 0 Å². The predicted molar refractivity (Wildman–Crippen MR) is 93.7 cm³/mol. The van der Waals surface area contributed by atoms with Crippen LogP contribution in [0.4, 0.5) is 0 Å². The molecule has 0 aromatic heterocycles. The molecule has 134 valence electrons. The molecular formula is C27H26. The molecule has 17 saturated carbocycles. The Balaban J connectivity index is 1.26. The smallest absolute Gasteiger partial charge is 0.00198 e. The third-order valence-corrected chi connectivity index (χ3v) is 20.6. The van der Waals surface area contributed by atoms with Gasteiger partial charge in [-0.15, -0.1) is 0 Å². The SMILES string of the molecule is CC1(C)C23C4CC2C2C5C6C7CC8C9CC%10C%11(C4)C4%12C9%10C87C64C54C23C1(C)C%114%12. The Morgan fingerprint density at radius 1 is 0.630 bits per heavy atom. The summed E-state index contributed by atoms with van der Waals surface area (Å²) in [6.45, 7) is 8.67. The summed E-state index contributed by atoms with van der Waals surface area (Å²) in [5.41, 5.74) is 10.5. The molecule has 0 aliphatic heterocycles. The molecule has 0 heterocycles. The lowest BCUT2D eigenvalue weighted by Gasteiger charge is -3.32. The fourth-order valence-electron chi connectivity index (χ4n) is 24.2. The minimum Gasteiger partial charge on any atom is -0.0588 e. The van der Waals surface area contributed by atoms with Crippen molar-refractivity contribution in [1.82, 2.24) is 0 Å². The van der Waals surface area contributed by atoms with E-state index in [0.717, 1.165) is 54.1 Å². The molecule has 19 unspecified atom stereocenters. The van der Waals surface area contributed by atoms with Crippen molar-refractivity contribution < 1.29 is 0 Å². The van der Waals surface area contributed by atoms with E-state index in [1.807, 2.05) is 0 Å². The van der Waals surface area contributed by atoms with E-state index in [2.05, 4.69) is 20.8 Å². The molecule has 0 nitrogen and oxygen atoms in total. The molecule has 17 fully saturated rings. The van der Waals surface area contributed by atoms with Gasteiger partial charge in [0, 0.05) is 0 Å². The van der Waals surface area contributed by atoms with Gasteiger partial charge in [-0.3, -0.25) is 0 Å². The minimum atomic E-state index is 0.711. The maximum atomic E-state index is 2.97. The van der Waals surface area contributed by atoms with Crippen molar-refractivity contribution in [2.45, 2.75) is 46.5 Å². The van der Waals surface area contributed by atoms with Gasteiger partial charge in [0.1, 0.15) is 0 Å². The Labute approximate surface area is 159 Å². The van der Waals surface area contributed by atoms with E-state index in [1.165, 1.54) is 53.3 Å². The van der Waals surface area contributed by atoms with E-state index in [0.29, 0.717) is 5.41 Å². The standard InChI is InChI=1S/C27H26/c1-17(2)18(3)23-14-11-4-8(20(11,17)23)7-19-13-6-10-9-5-12-15-16(14)25(23)24(15)21(9,12)22(10,13)27(19,24)26(18,19)25/h8-16H,4-7H2,1-3H3. The second-order valence-electron chi connectivity index (χ2n) is 16.4. The zero-order chi connectivity index (χ0) is 16.5. The summed E-state index contributed by atoms with van der Waals surface area (Å²) in [5, 5.41) is 0. The number of hydrogen-bond acceptors (Lipinski definition) is 0. The second-order valence-corrected chi connectivity index (χ2v) is 16.4. The van der Waals surface area contributed by atoms with Crippen LogP contribution in [0, 0.1) is 113 Å². The van der Waals surface area contributed by atoms with E-state index in [-0.39, 0.29) is 0 Å². The molecule has 0 saturated heterocycles. The van der Waals surface area contributed by atoms with Crippen molar-refractivity contribution in [2.75, 3.05) is 0 Å². The average molecular weight is 351 g/mol. The average Bonchev–Trinajstić information content (AvgIpc) is 3.07. The second kappa shape index (κ2) is 1.73. The zero-order valence-electron chi connectivity index (χ0n) is 16.5. The first-order chi connectivity index (χ1) is 13.0. The van der Waals surface area contributed by atoms with Crippen molar-refractivity contribution in [3.05, 3.63) is 0 Å². The monoisotopic (exact) mass is 350 g/mol. The van der Waals surface area contributed by atoms with Crippen LogP contribution in [0.5, 0.6) is 0 Å². The molecule has 17 aliphatic carbocycles. The molecule has 0 aromatic rings. The molecule has 0 N–H and O–H groups in total. The number of rotatable bonds is 0. The summed E-state index contributed by atoms with van der Waals surface area (Å²) in [6.07, 6.45) is 7.01. The summed E-state index contributed by atoms with van der Waals surface area (Å²) in [5.74, 6) is 11.5. The Bertz CT molecular complexity index is 1280. The molecular weight excluding hydrogens is 324 g/mol. The van der Waals surface area contributed by atoms with Gasteiger partial charge in [0.2, 0.25) is 0 Å². The molecule has 0 aromatic carbocycles. The van der Waals surface area contributed by atoms with Crippen LogP contribution in [0.3, 0.4) is 0 Å². The van der Waals surface area contributed by atoms with Crippen LogP contribution in [-0.2, 0) is 0 Å². The predicted octanol–water partition coefficient (Wildman–Crippen LogP) is 4.21. The van der Waals surface area contributed by atoms with Crippen LogP contribution in [-0.4, -0.2) is 0 Å². The molecule has 0 radical (unpaired) electrons. The molecule has 27 heavy (non-hydrogen) atoms. The van der Waals surface area contributed by atoms with Gasteiger partial charge in [0.25, 0.3) is 0 Å². The first-order valence-corrected chi connectivity index (χ1v) is 13.0. The van der Waals surface area contributed by atoms with E-state index in [1.54, 1.807) is 25.7 Å². The first kappa shape index (κ1) is 10.9. The third-order valence-electron chi connectivity index (χ3n) is 20.6. The quantitative estimate of drug-likeness (QED) is 0.614. The Morgan fingerprint density at radius 2 is 1.41 bits per heavy atom. The number of fused-ring (bicyclic) bond motifs is 5. The van der Waals surface area contributed by atoms with Crippen LogP contribution in [0.2, 0.25) is 0 Å². The maximum Gasteiger partial charge on any atom is -0.00198 e. The maximum absolute atomic E-state index is 2.97. The molecule has 0 amide bonds. The highest BCUT2D eigenvalue weighted by Gasteiger charge is 3.48. The Hall–Kier alpha value is 0. The van der Waals surface area contributed by atoms with Crippen molar-refractivity contribution in [3.8, 4) is 0 Å². The summed E-state index contributed by atoms with van der Waals surface area (Å²) in [6, 6.07) is 0. The van der Waals surface area contributed by atoms with Gasteiger partial charge in [0.05, 0.1) is 0 Å². The minimum absolute atomic E-state index is 0.711. The van der Waals surface area contributed by atoms with Gasteiger partial charge < -0.3 is 0 Å². The van der Waals surface area contributed by atoms with E-state index >= 15 is 0 Å². The van der Waals surface area contributed by atoms with Gasteiger partial charge >= 0.3 is 0 Å². The summed E-state index contributed by atoms with van der Waals surface area (Å²) >= 11 is 0. The van der Waals surface area contributed by atoms with Crippen molar-refractivity contribution >= 4 is 0 Å². The lowest BCUT2D eigenvalue weighted by Crippen LogP contribution is -3.30. The van der Waals surface area contributed by atoms with Crippen molar-refractivity contribution in [2.24, 2.45) is 113 Å². The largest absolute Gasteiger partial charge is 0.0588 e. The zero-order valence-corrected chi connectivity index (χ0v) is 16.5. The lowest BCUT2D eigenvalue weighted by molar-refractivity contribution is -0.867. The normalized spacial score (nSPS) is 115. The van der Waals surface area contributed by atoms with Crippen molar-refractivity contribution in [1.29, 1.82) is 0 Å². The number of hydrogen-bond donors (Lipinski definition) is 0. The molecule has 9 spiro atoms. The van der Waals surface area contributed by atoms with Crippen LogP contribution in [0.1, 0.15) is 46.5 Å². The highest BCUT2D eigenvalue weighted by atomic mass is 15.5. The van der Waals surface area contributed by atoms with E-state index in [9.17, 15) is 0 Å². The fourth-order valence-corrected chi connectivity index (χ4v) is 24.2. The van der Waals surface area contributed by atoms with E-state index < -0.39 is 0 Å². The summed E-state index contributed by atoms with van der Waals surface area (Å²) < 4.78 is 0. The fraction of sp³-hybridized carbons (Fsp3) is 1.00. The highest BCUT2D eigenvalue weighted by molar-refractivity contribution is 5.93. The topological polar surface area (TPSA) is 0 Å². The van der Waals surface area contributed by atoms with Gasteiger partial charge in [-0.1, -0.05) is 20.8 Å². The molecule has 4 bridgehead atoms. The molecule has 17 aliphatic rings. The Kier molecular flexibility index (Phi) is 0.695. The lowest BCUT2D eigenvalue weighted by atomic mass is 8.71. The highest BCUT2D eigenvalue weighted by Crippen LogP contribution is 3.50. The van der Waals surface area contributed by atoms with Crippen LogP contribution < -0.4 is 0 Å². The van der Waals surface area contributed by atoms with Crippen LogP contribution >= 0.6 is 0 Å². The van der Waals surface area contributed by atoms with Crippen LogP contribution in [0.25, 0.3) is 0 Å². The van der Waals surface area contributed by atoms with Crippen molar-refractivity contribution in [3.63, 3.8) is 0 Å². The van der Waals surface area contributed by atoms with Gasteiger partial charge in [-0.2, -0.15) is 0 Å². The molecule has 19 atom stereocenters. The summed E-state index contributed by atoms with van der Waals surface area (Å²) in [7, 11) is 0. The van der Waals surface area contributed by atoms with Gasteiger partial charge in [-0.05, 0) is 139 Å². The molecule has 0 heteroatoms. The van der Waals surface area contributed by atoms with Gasteiger partial charge in [0.15, 0.2) is 0 Å².